The van der Waals surface area contributed by atoms with Gasteiger partial charge in [0.25, 0.3) is 0 Å². The molecular formula is C20H22Br2NO. The van der Waals surface area contributed by atoms with Crippen LogP contribution in [0, 0.1) is 0 Å². The Morgan fingerprint density at radius 1 is 0.792 bits per heavy atom. The lowest BCUT2D eigenvalue weighted by Crippen LogP contribution is -2.44. The van der Waals surface area contributed by atoms with Gasteiger partial charge in [0.1, 0.15) is 0 Å². The molecule has 0 unspecified atom stereocenters. The van der Waals surface area contributed by atoms with Crippen LogP contribution >= 0.6 is 31.9 Å². The van der Waals surface area contributed by atoms with E-state index in [0.717, 1.165) is 34.6 Å². The molecule has 0 amide bonds. The Morgan fingerprint density at radius 3 is 1.42 bits per heavy atom. The molecule has 1 radical (unpaired) electrons. The van der Waals surface area contributed by atoms with Crippen molar-refractivity contribution in [1.82, 2.24) is 5.06 Å². The van der Waals surface area contributed by atoms with Crippen LogP contribution < -0.4 is 0 Å². The normalized spacial score (nSPS) is 27.5. The van der Waals surface area contributed by atoms with E-state index in [9.17, 15) is 5.21 Å². The smallest absolute Gasteiger partial charge is 0.0724 e. The second kappa shape index (κ2) is 6.91. The maximum Gasteiger partial charge on any atom is 0.0724 e. The van der Waals surface area contributed by atoms with Crippen LogP contribution in [0.3, 0.4) is 0 Å². The largest absolute Gasteiger partial charge is 0.135 e. The Bertz CT molecular complexity index is 639. The van der Waals surface area contributed by atoms with E-state index in [1.807, 2.05) is 0 Å². The molecular weight excluding hydrogens is 430 g/mol. The van der Waals surface area contributed by atoms with Gasteiger partial charge >= 0.3 is 0 Å². The maximum atomic E-state index is 13.4. The lowest BCUT2D eigenvalue weighted by atomic mass is 9.89. The number of hydrogen-bond donors (Lipinski definition) is 0. The maximum absolute atomic E-state index is 13.4. The summed E-state index contributed by atoms with van der Waals surface area (Å²) in [6, 6.07) is 16.8. The van der Waals surface area contributed by atoms with Crippen molar-refractivity contribution >= 4 is 31.9 Å². The fraction of sp³-hybridized carbons (Fsp3) is 0.400. The summed E-state index contributed by atoms with van der Waals surface area (Å²) in [6.07, 6.45) is 1.72. The van der Waals surface area contributed by atoms with Crippen molar-refractivity contribution < 1.29 is 5.21 Å². The quantitative estimate of drug-likeness (QED) is 0.519. The van der Waals surface area contributed by atoms with Gasteiger partial charge in [-0.3, -0.25) is 0 Å². The third kappa shape index (κ3) is 2.98. The SMILES string of the molecule is C[C@@]1(c2ccc(CBr)cc2)CC[C@@](C)(c2ccc(CBr)cc2)N1[O]. The highest BCUT2D eigenvalue weighted by Crippen LogP contribution is 2.50. The molecule has 2 atom stereocenters. The van der Waals surface area contributed by atoms with Crippen LogP contribution in [0.1, 0.15) is 48.9 Å². The van der Waals surface area contributed by atoms with Crippen molar-refractivity contribution in [3.8, 4) is 0 Å². The molecule has 1 aliphatic rings. The highest BCUT2D eigenvalue weighted by Gasteiger charge is 2.52. The molecule has 1 fully saturated rings. The number of benzene rings is 2. The highest BCUT2D eigenvalue weighted by atomic mass is 79.9. The van der Waals surface area contributed by atoms with Gasteiger partial charge < -0.3 is 0 Å². The summed E-state index contributed by atoms with van der Waals surface area (Å²) >= 11 is 6.95. The summed E-state index contributed by atoms with van der Waals surface area (Å²) in [6.45, 7) is 4.14. The fourth-order valence-electron chi connectivity index (χ4n) is 3.66. The zero-order valence-electron chi connectivity index (χ0n) is 14.1. The lowest BCUT2D eigenvalue weighted by molar-refractivity contribution is -0.260. The first-order chi connectivity index (χ1) is 11.4. The number of hydrogen-bond acceptors (Lipinski definition) is 1. The third-order valence-electron chi connectivity index (χ3n) is 5.46. The minimum absolute atomic E-state index is 0.478. The van der Waals surface area contributed by atoms with Gasteiger partial charge in [-0.2, -0.15) is 0 Å². The van der Waals surface area contributed by atoms with Crippen molar-refractivity contribution in [1.29, 1.82) is 0 Å². The van der Waals surface area contributed by atoms with E-state index < -0.39 is 11.1 Å². The summed E-state index contributed by atoms with van der Waals surface area (Å²) in [7, 11) is 0. The fourth-order valence-corrected chi connectivity index (χ4v) is 4.41. The van der Waals surface area contributed by atoms with E-state index >= 15 is 0 Å². The molecule has 3 rings (SSSR count). The van der Waals surface area contributed by atoms with E-state index in [0.29, 0.717) is 0 Å². The van der Waals surface area contributed by atoms with Crippen molar-refractivity contribution in [3.05, 3.63) is 70.8 Å². The molecule has 1 aliphatic heterocycles. The van der Waals surface area contributed by atoms with Gasteiger partial charge in [-0.05, 0) is 48.9 Å². The summed E-state index contributed by atoms with van der Waals surface area (Å²) in [5.74, 6) is 0. The average molecular weight is 452 g/mol. The molecule has 24 heavy (non-hydrogen) atoms. The average Bonchev–Trinajstić information content (AvgIpc) is 2.88. The predicted octanol–water partition coefficient (Wildman–Crippen LogP) is 6.05. The Balaban J connectivity index is 1.92. The van der Waals surface area contributed by atoms with Crippen LogP contribution in [-0.4, -0.2) is 5.06 Å². The van der Waals surface area contributed by atoms with Crippen LogP contribution in [0.5, 0.6) is 0 Å². The van der Waals surface area contributed by atoms with Crippen molar-refractivity contribution in [2.45, 2.75) is 48.4 Å². The van der Waals surface area contributed by atoms with E-state index in [1.54, 1.807) is 0 Å². The Kier molecular flexibility index (Phi) is 5.22. The molecule has 2 nitrogen and oxygen atoms in total. The van der Waals surface area contributed by atoms with Crippen LogP contribution in [0.15, 0.2) is 48.5 Å². The van der Waals surface area contributed by atoms with Crippen LogP contribution in [0.2, 0.25) is 0 Å². The second-order valence-corrected chi connectivity index (χ2v) is 8.12. The van der Waals surface area contributed by atoms with E-state index in [1.165, 1.54) is 16.2 Å². The Hall–Kier alpha value is -0.680. The van der Waals surface area contributed by atoms with Gasteiger partial charge in [-0.1, -0.05) is 80.4 Å². The summed E-state index contributed by atoms with van der Waals surface area (Å²) in [5, 5.41) is 16.4. The molecule has 0 aromatic heterocycles. The summed E-state index contributed by atoms with van der Waals surface area (Å²) in [4.78, 5) is 0. The van der Waals surface area contributed by atoms with Crippen LogP contribution in [-0.2, 0) is 26.9 Å². The Labute approximate surface area is 161 Å². The van der Waals surface area contributed by atoms with Crippen molar-refractivity contribution in [2.75, 3.05) is 0 Å². The van der Waals surface area contributed by atoms with E-state index in [-0.39, 0.29) is 0 Å². The molecule has 4 heteroatoms. The van der Waals surface area contributed by atoms with Gasteiger partial charge in [0.2, 0.25) is 0 Å². The first kappa shape index (κ1) is 18.1. The molecule has 127 valence electrons. The number of rotatable bonds is 4. The molecule has 1 saturated heterocycles. The molecule has 0 bridgehead atoms. The minimum atomic E-state index is -0.478. The number of alkyl halides is 2. The number of nitrogens with zero attached hydrogens (tertiary/aromatic N) is 1. The van der Waals surface area contributed by atoms with Gasteiger partial charge in [0.05, 0.1) is 11.1 Å². The summed E-state index contributed by atoms with van der Waals surface area (Å²) < 4.78 is 0. The zero-order valence-corrected chi connectivity index (χ0v) is 17.2. The summed E-state index contributed by atoms with van der Waals surface area (Å²) in [5.41, 5.74) is 3.70. The standard InChI is InChI=1S/C20H22Br2NO/c1-19(17-7-3-15(13-21)4-8-17)11-12-20(2,23(19)24)18-9-5-16(14-22)6-10-18/h3-10H,11-14H2,1-2H3/t19-,20-/m0/s1. The predicted molar refractivity (Wildman–Crippen MR) is 105 cm³/mol. The van der Waals surface area contributed by atoms with E-state index in [2.05, 4.69) is 94.2 Å². The number of hydroxylamine groups is 2. The topological polar surface area (TPSA) is 23.1 Å². The lowest BCUT2D eigenvalue weighted by Gasteiger charge is -2.37. The molecule has 2 aromatic rings. The van der Waals surface area contributed by atoms with E-state index in [4.69, 9.17) is 0 Å². The molecule has 0 spiro atoms. The van der Waals surface area contributed by atoms with Gasteiger partial charge in [0.15, 0.2) is 0 Å². The first-order valence-electron chi connectivity index (χ1n) is 8.22. The Morgan fingerprint density at radius 2 is 1.12 bits per heavy atom. The third-order valence-corrected chi connectivity index (χ3v) is 6.75. The second-order valence-electron chi connectivity index (χ2n) is 7.00. The molecule has 0 saturated carbocycles. The number of halogens is 2. The molecule has 0 N–H and O–H groups in total. The monoisotopic (exact) mass is 450 g/mol. The molecule has 2 aromatic carbocycles. The van der Waals surface area contributed by atoms with Crippen molar-refractivity contribution in [3.63, 3.8) is 0 Å². The first-order valence-corrected chi connectivity index (χ1v) is 10.5. The van der Waals surface area contributed by atoms with Gasteiger partial charge in [-0.25, -0.2) is 0 Å². The van der Waals surface area contributed by atoms with Crippen molar-refractivity contribution in [2.24, 2.45) is 0 Å². The molecule has 1 heterocycles. The highest BCUT2D eigenvalue weighted by molar-refractivity contribution is 9.08. The zero-order chi connectivity index (χ0) is 17.4. The van der Waals surface area contributed by atoms with Gasteiger partial charge in [-0.15, -0.1) is 10.3 Å². The van der Waals surface area contributed by atoms with Gasteiger partial charge in [0, 0.05) is 10.7 Å². The minimum Gasteiger partial charge on any atom is -0.135 e. The van der Waals surface area contributed by atoms with Crippen LogP contribution in [0.25, 0.3) is 0 Å². The molecule has 0 aliphatic carbocycles. The van der Waals surface area contributed by atoms with Crippen LogP contribution in [0.4, 0.5) is 0 Å².